The third-order valence-corrected chi connectivity index (χ3v) is 8.60. The van der Waals surface area contributed by atoms with E-state index in [1.807, 2.05) is 38.1 Å². The lowest BCUT2D eigenvalue weighted by Gasteiger charge is -2.18. The number of hydrogen-bond acceptors (Lipinski definition) is 6. The fraction of sp³-hybridized carbons (Fsp3) is 0.300. The minimum Gasteiger partial charge on any atom is -0.394 e. The molecule has 0 fully saturated rings. The molecular weight excluding hydrogens is 632 g/mol. The van der Waals surface area contributed by atoms with E-state index in [-0.39, 0.29) is 11.1 Å². The van der Waals surface area contributed by atoms with E-state index >= 15 is 0 Å². The van der Waals surface area contributed by atoms with Crippen LogP contribution in [0.4, 0.5) is 0 Å². The van der Waals surface area contributed by atoms with E-state index in [2.05, 4.69) is 63.4 Å². The molecule has 0 bridgehead atoms. The van der Waals surface area contributed by atoms with Crippen LogP contribution in [0.2, 0.25) is 0 Å². The zero-order valence-electron chi connectivity index (χ0n) is 28.3. The summed E-state index contributed by atoms with van der Waals surface area (Å²) in [5, 5.41) is 36.8. The van der Waals surface area contributed by atoms with Gasteiger partial charge in [0.25, 0.3) is 11.8 Å². The highest BCUT2D eigenvalue weighted by atomic mass is 16.3. The predicted molar refractivity (Wildman–Crippen MR) is 195 cm³/mol. The Labute approximate surface area is 291 Å². The maximum atomic E-state index is 13.5. The summed E-state index contributed by atoms with van der Waals surface area (Å²) in [4.78, 5) is 52.2. The highest BCUT2D eigenvalue weighted by molar-refractivity contribution is 6.23. The van der Waals surface area contributed by atoms with E-state index in [1.54, 1.807) is 0 Å². The Morgan fingerprint density at radius 3 is 1.66 bits per heavy atom. The van der Waals surface area contributed by atoms with Crippen molar-refractivity contribution in [3.8, 4) is 11.8 Å². The monoisotopic (exact) mass is 674 g/mol. The number of carbonyl (C=O) groups excluding carboxylic acids is 4. The molecule has 0 saturated carbocycles. The highest BCUT2D eigenvalue weighted by Gasteiger charge is 2.24. The zero-order chi connectivity index (χ0) is 35.6. The summed E-state index contributed by atoms with van der Waals surface area (Å²) in [6.45, 7) is 3.50. The van der Waals surface area contributed by atoms with Gasteiger partial charge in [-0.25, -0.2) is 0 Å². The number of carbonyl (C=O) groups is 4. The largest absolute Gasteiger partial charge is 0.394 e. The van der Waals surface area contributed by atoms with Crippen LogP contribution in [0.25, 0.3) is 32.3 Å². The molecule has 5 aromatic carbocycles. The summed E-state index contributed by atoms with van der Waals surface area (Å²) in [6.07, 6.45) is 3.21. The maximum Gasteiger partial charge on any atom is 0.252 e. The number of aliphatic hydroxyl groups is 2. The van der Waals surface area contributed by atoms with Gasteiger partial charge in [0.2, 0.25) is 11.8 Å². The molecule has 0 aromatic heterocycles. The Hall–Kier alpha value is -5.50. The average molecular weight is 675 g/mol. The van der Waals surface area contributed by atoms with Crippen molar-refractivity contribution in [1.82, 2.24) is 21.3 Å². The first-order valence-electron chi connectivity index (χ1n) is 17.0. The van der Waals surface area contributed by atoms with Gasteiger partial charge in [-0.3, -0.25) is 19.2 Å². The first kappa shape index (κ1) is 35.8. The molecule has 2 atom stereocenters. The fourth-order valence-corrected chi connectivity index (χ4v) is 5.84. The summed E-state index contributed by atoms with van der Waals surface area (Å²) in [7, 11) is 0. The molecule has 6 N–H and O–H groups in total. The highest BCUT2D eigenvalue weighted by Crippen LogP contribution is 2.35. The quantitative estimate of drug-likeness (QED) is 0.0594. The Kier molecular flexibility index (Phi) is 12.0. The minimum atomic E-state index is -1.21. The molecule has 5 aromatic rings. The molecule has 50 heavy (non-hydrogen) atoms. The van der Waals surface area contributed by atoms with Gasteiger partial charge in [0.05, 0.1) is 13.2 Å². The second kappa shape index (κ2) is 16.7. The van der Waals surface area contributed by atoms with Crippen LogP contribution in [0.1, 0.15) is 71.4 Å². The van der Waals surface area contributed by atoms with Crippen LogP contribution in [0.5, 0.6) is 0 Å². The molecule has 10 heteroatoms. The standard InChI is InChI=1S/C40H42N4O6/c1-3-5-18-41-39(49)33(23-45)43-37(47)30-20-25(21-31(22-30)38(48)44-34(24-46)40(50)42-19-6-4-2)10-11-26-12-13-29-15-14-27-8-7-9-28-16-17-32(26)36(29)35(27)28/h7-9,12-17,20-22,33-34,45-46H,3-6,18-19,23-24H2,1-2H3,(H,41,49)(H,42,50)(H,43,47)(H,44,48)/t33-,34-/m0/s1. The molecule has 0 heterocycles. The molecule has 0 spiro atoms. The number of unbranched alkanes of at least 4 members (excludes halogenated alkanes) is 2. The van der Waals surface area contributed by atoms with Crippen LogP contribution < -0.4 is 21.3 Å². The number of benzene rings is 5. The first-order chi connectivity index (χ1) is 24.3. The lowest BCUT2D eigenvalue weighted by atomic mass is 9.92. The second-order valence-electron chi connectivity index (χ2n) is 12.2. The normalized spacial score (nSPS) is 12.2. The smallest absolute Gasteiger partial charge is 0.252 e. The number of nitrogens with one attached hydrogen (secondary N) is 4. The lowest BCUT2D eigenvalue weighted by Crippen LogP contribution is -2.49. The summed E-state index contributed by atoms with van der Waals surface area (Å²) in [6, 6.07) is 20.3. The zero-order valence-corrected chi connectivity index (χ0v) is 28.3. The summed E-state index contributed by atoms with van der Waals surface area (Å²) >= 11 is 0. The van der Waals surface area contributed by atoms with Gasteiger partial charge in [-0.05, 0) is 69.4 Å². The van der Waals surface area contributed by atoms with Crippen LogP contribution in [0, 0.1) is 11.8 Å². The SMILES string of the molecule is CCCCNC(=O)[C@H](CO)NC(=O)c1cc(C#Cc2ccc3ccc4cccc5ccc2c3c45)cc(C(=O)N[C@@H](CO)C(=O)NCCCC)c1. The molecule has 0 aliphatic carbocycles. The maximum absolute atomic E-state index is 13.5. The van der Waals surface area contributed by atoms with Gasteiger partial charge < -0.3 is 31.5 Å². The molecule has 0 unspecified atom stereocenters. The topological polar surface area (TPSA) is 157 Å². The van der Waals surface area contributed by atoms with Crippen molar-refractivity contribution in [1.29, 1.82) is 0 Å². The first-order valence-corrected chi connectivity index (χ1v) is 17.0. The molecule has 0 aliphatic rings. The number of hydrogen-bond donors (Lipinski definition) is 6. The van der Waals surface area contributed by atoms with Crippen LogP contribution in [0.3, 0.4) is 0 Å². The van der Waals surface area contributed by atoms with Crippen molar-refractivity contribution in [2.24, 2.45) is 0 Å². The van der Waals surface area contributed by atoms with Gasteiger partial charge in [0, 0.05) is 35.3 Å². The van der Waals surface area contributed by atoms with Crippen molar-refractivity contribution in [2.75, 3.05) is 26.3 Å². The molecule has 10 nitrogen and oxygen atoms in total. The molecule has 0 radical (unpaired) electrons. The van der Waals surface area contributed by atoms with Crippen molar-refractivity contribution in [3.63, 3.8) is 0 Å². The minimum absolute atomic E-state index is 0.0186. The van der Waals surface area contributed by atoms with Crippen LogP contribution >= 0.6 is 0 Å². The Morgan fingerprint density at radius 1 is 0.640 bits per heavy atom. The number of amides is 4. The molecule has 4 amide bonds. The van der Waals surface area contributed by atoms with E-state index in [0.717, 1.165) is 63.6 Å². The third-order valence-electron chi connectivity index (χ3n) is 8.60. The van der Waals surface area contributed by atoms with Crippen molar-refractivity contribution >= 4 is 55.9 Å². The summed E-state index contributed by atoms with van der Waals surface area (Å²) < 4.78 is 0. The number of rotatable bonds is 14. The Morgan fingerprint density at radius 2 is 1.14 bits per heavy atom. The summed E-state index contributed by atoms with van der Waals surface area (Å²) in [5.74, 6) is 3.86. The van der Waals surface area contributed by atoms with Crippen molar-refractivity contribution in [2.45, 2.75) is 51.6 Å². The fourth-order valence-electron chi connectivity index (χ4n) is 5.84. The Balaban J connectivity index is 1.50. The van der Waals surface area contributed by atoms with Crippen LogP contribution in [-0.2, 0) is 9.59 Å². The van der Waals surface area contributed by atoms with E-state index in [4.69, 9.17) is 0 Å². The van der Waals surface area contributed by atoms with Crippen molar-refractivity contribution < 1.29 is 29.4 Å². The molecule has 0 aliphatic heterocycles. The van der Waals surface area contributed by atoms with Gasteiger partial charge in [-0.15, -0.1) is 0 Å². The van der Waals surface area contributed by atoms with Gasteiger partial charge >= 0.3 is 0 Å². The van der Waals surface area contributed by atoms with E-state index < -0.39 is 48.9 Å². The average Bonchev–Trinajstić information content (AvgIpc) is 3.14. The van der Waals surface area contributed by atoms with Crippen molar-refractivity contribution in [3.05, 3.63) is 95.1 Å². The van der Waals surface area contributed by atoms with E-state index in [0.29, 0.717) is 18.7 Å². The lowest BCUT2D eigenvalue weighted by molar-refractivity contribution is -0.124. The van der Waals surface area contributed by atoms with Crippen LogP contribution in [-0.4, -0.2) is 72.2 Å². The Bertz CT molecular complexity index is 2000. The molecule has 5 rings (SSSR count). The molecule has 0 saturated heterocycles. The van der Waals surface area contributed by atoms with Gasteiger partial charge in [0.15, 0.2) is 0 Å². The van der Waals surface area contributed by atoms with Gasteiger partial charge in [-0.2, -0.15) is 0 Å². The van der Waals surface area contributed by atoms with Gasteiger partial charge in [0.1, 0.15) is 12.1 Å². The second-order valence-corrected chi connectivity index (χ2v) is 12.2. The van der Waals surface area contributed by atoms with Crippen LogP contribution in [0.15, 0.2) is 72.8 Å². The van der Waals surface area contributed by atoms with Gasteiger partial charge in [-0.1, -0.05) is 87.1 Å². The molecule has 258 valence electrons. The predicted octanol–water partition coefficient (Wildman–Crippen LogP) is 4.00. The third kappa shape index (κ3) is 8.20. The van der Waals surface area contributed by atoms with E-state index in [9.17, 15) is 29.4 Å². The van der Waals surface area contributed by atoms with E-state index in [1.165, 1.54) is 18.2 Å². The molecular formula is C40H42N4O6. The summed E-state index contributed by atoms with van der Waals surface area (Å²) in [5.41, 5.74) is 1.12. The number of aliphatic hydroxyl groups excluding tert-OH is 2.